The third-order valence-electron chi connectivity index (χ3n) is 9.34. The average molecular weight is 511 g/mol. The molecule has 2 heteroatoms. The molecule has 4 unspecified atom stereocenters. The lowest BCUT2D eigenvalue weighted by Gasteiger charge is -2.46. The zero-order valence-electron chi connectivity index (χ0n) is 21.9. The molecule has 4 aliphatic rings. The van der Waals surface area contributed by atoms with E-state index in [-0.39, 0.29) is 0 Å². The first kappa shape index (κ1) is 22.0. The largest absolute Gasteiger partial charge is 0.254 e. The van der Waals surface area contributed by atoms with Gasteiger partial charge < -0.3 is 0 Å². The molecule has 9 rings (SSSR count). The van der Waals surface area contributed by atoms with Crippen molar-refractivity contribution >= 4 is 38.2 Å². The van der Waals surface area contributed by atoms with Gasteiger partial charge in [-0.1, -0.05) is 115 Å². The second kappa shape index (κ2) is 8.34. The van der Waals surface area contributed by atoms with E-state index in [4.69, 9.17) is 4.98 Å². The van der Waals surface area contributed by atoms with E-state index in [9.17, 15) is 0 Å². The summed E-state index contributed by atoms with van der Waals surface area (Å²) in [5.41, 5.74) is 9.71. The molecule has 0 amide bonds. The van der Waals surface area contributed by atoms with Gasteiger partial charge in [0.25, 0.3) is 0 Å². The van der Waals surface area contributed by atoms with Gasteiger partial charge in [-0.2, -0.15) is 0 Å². The number of hydrogen-bond donors (Lipinski definition) is 0. The second-order valence-electron chi connectivity index (χ2n) is 11.3. The summed E-state index contributed by atoms with van der Waals surface area (Å²) in [6.45, 7) is 0. The Balaban J connectivity index is 1.22. The van der Waals surface area contributed by atoms with Crippen molar-refractivity contribution in [3.63, 3.8) is 0 Å². The standard InChI is InChI=1S/C38H26N2/c1-2-9-29-28(8-1)30(31-17-14-25-11-10-23-5-3-6-24-15-18-33(31)36(25)35(23)24)19-20-32(29)34-21-16-27-13-12-26-7-4-22-39-37(26)38(27)40-34/h1-23,33,35-36H. The van der Waals surface area contributed by atoms with Crippen molar-refractivity contribution in [2.45, 2.75) is 0 Å². The summed E-state index contributed by atoms with van der Waals surface area (Å²) >= 11 is 0. The Bertz CT molecular complexity index is 2080. The summed E-state index contributed by atoms with van der Waals surface area (Å²) in [5.74, 6) is 1.86. The van der Waals surface area contributed by atoms with Gasteiger partial charge >= 0.3 is 0 Å². The minimum absolute atomic E-state index is 0.367. The molecule has 0 bridgehead atoms. The molecule has 0 N–H and O–H groups in total. The highest BCUT2D eigenvalue weighted by molar-refractivity contribution is 6.06. The van der Waals surface area contributed by atoms with Gasteiger partial charge in [0.1, 0.15) is 0 Å². The molecule has 0 spiro atoms. The van der Waals surface area contributed by atoms with E-state index in [1.807, 2.05) is 12.3 Å². The van der Waals surface area contributed by atoms with Crippen LogP contribution in [-0.4, -0.2) is 9.97 Å². The lowest BCUT2D eigenvalue weighted by atomic mass is 9.58. The third kappa shape index (κ3) is 3.11. The van der Waals surface area contributed by atoms with E-state index in [1.54, 1.807) is 0 Å². The van der Waals surface area contributed by atoms with Crippen molar-refractivity contribution in [3.8, 4) is 11.3 Å². The fourth-order valence-electron chi connectivity index (χ4n) is 7.53. The van der Waals surface area contributed by atoms with Crippen molar-refractivity contribution in [3.05, 3.63) is 150 Å². The molecule has 0 fully saturated rings. The zero-order valence-corrected chi connectivity index (χ0v) is 21.9. The quantitative estimate of drug-likeness (QED) is 0.221. The molecule has 5 aromatic rings. The fraction of sp³-hybridized carbons (Fsp3) is 0.105. The van der Waals surface area contributed by atoms with Crippen LogP contribution in [0.1, 0.15) is 5.56 Å². The van der Waals surface area contributed by atoms with Gasteiger partial charge in [-0.25, -0.2) is 4.98 Å². The summed E-state index contributed by atoms with van der Waals surface area (Å²) < 4.78 is 0. The number of benzene rings is 3. The number of pyridine rings is 2. The molecule has 0 saturated heterocycles. The molecule has 40 heavy (non-hydrogen) atoms. The van der Waals surface area contributed by atoms with Gasteiger partial charge in [-0.15, -0.1) is 0 Å². The van der Waals surface area contributed by atoms with Crippen LogP contribution in [0.4, 0.5) is 0 Å². The van der Waals surface area contributed by atoms with Crippen LogP contribution in [0.25, 0.3) is 49.4 Å². The minimum Gasteiger partial charge on any atom is -0.254 e. The number of rotatable bonds is 2. The molecule has 0 radical (unpaired) electrons. The maximum absolute atomic E-state index is 5.18. The molecule has 4 aliphatic carbocycles. The molecule has 3 aromatic carbocycles. The fourth-order valence-corrected chi connectivity index (χ4v) is 7.53. The Kier molecular flexibility index (Phi) is 4.59. The van der Waals surface area contributed by atoms with E-state index < -0.39 is 0 Å². The number of fused-ring (bicyclic) bond motifs is 4. The second-order valence-corrected chi connectivity index (χ2v) is 11.3. The molecule has 188 valence electrons. The van der Waals surface area contributed by atoms with Crippen LogP contribution in [0.2, 0.25) is 0 Å². The van der Waals surface area contributed by atoms with Crippen LogP contribution in [0.15, 0.2) is 145 Å². The Labute approximate surface area is 233 Å². The van der Waals surface area contributed by atoms with Gasteiger partial charge in [-0.3, -0.25) is 4.98 Å². The third-order valence-corrected chi connectivity index (χ3v) is 9.34. The Morgan fingerprint density at radius 1 is 0.575 bits per heavy atom. The Morgan fingerprint density at radius 2 is 1.35 bits per heavy atom. The number of hydrogen-bond acceptors (Lipinski definition) is 2. The van der Waals surface area contributed by atoms with Crippen molar-refractivity contribution in [2.24, 2.45) is 23.7 Å². The lowest BCUT2D eigenvalue weighted by molar-refractivity contribution is 0.329. The Morgan fingerprint density at radius 3 is 2.27 bits per heavy atom. The summed E-state index contributed by atoms with van der Waals surface area (Å²) in [7, 11) is 0. The monoisotopic (exact) mass is 510 g/mol. The average Bonchev–Trinajstić information content (AvgIpc) is 3.03. The van der Waals surface area contributed by atoms with Gasteiger partial charge in [0.2, 0.25) is 0 Å². The van der Waals surface area contributed by atoms with Crippen LogP contribution in [-0.2, 0) is 0 Å². The maximum atomic E-state index is 5.18. The van der Waals surface area contributed by atoms with Gasteiger partial charge in [0, 0.05) is 46.2 Å². The number of nitrogens with zero attached hydrogens (tertiary/aromatic N) is 2. The summed E-state index contributed by atoms with van der Waals surface area (Å²) in [6, 6.07) is 26.1. The normalized spacial score (nSPS) is 24.1. The lowest BCUT2D eigenvalue weighted by Crippen LogP contribution is -2.37. The van der Waals surface area contributed by atoms with Crippen molar-refractivity contribution in [1.82, 2.24) is 9.97 Å². The van der Waals surface area contributed by atoms with Crippen LogP contribution in [0, 0.1) is 23.7 Å². The van der Waals surface area contributed by atoms with E-state index in [0.717, 1.165) is 33.1 Å². The molecule has 0 aliphatic heterocycles. The molecular weight excluding hydrogens is 484 g/mol. The predicted octanol–water partition coefficient (Wildman–Crippen LogP) is 9.03. The van der Waals surface area contributed by atoms with Crippen molar-refractivity contribution in [2.75, 3.05) is 0 Å². The summed E-state index contributed by atoms with van der Waals surface area (Å²) in [5, 5.41) is 4.74. The highest BCUT2D eigenvalue weighted by atomic mass is 14.8. The molecule has 2 heterocycles. The molecule has 2 nitrogen and oxygen atoms in total. The molecule has 2 aromatic heterocycles. The van der Waals surface area contributed by atoms with Crippen LogP contribution in [0.3, 0.4) is 0 Å². The van der Waals surface area contributed by atoms with Gasteiger partial charge in [0.15, 0.2) is 0 Å². The van der Waals surface area contributed by atoms with Crippen LogP contribution >= 0.6 is 0 Å². The van der Waals surface area contributed by atoms with Gasteiger partial charge in [0.05, 0.1) is 16.7 Å². The molecular formula is C38H26N2. The predicted molar refractivity (Wildman–Crippen MR) is 166 cm³/mol. The summed E-state index contributed by atoms with van der Waals surface area (Å²) in [4.78, 5) is 9.85. The summed E-state index contributed by atoms with van der Waals surface area (Å²) in [6.07, 6.45) is 23.1. The maximum Gasteiger partial charge on any atom is 0.0972 e. The highest BCUT2D eigenvalue weighted by Gasteiger charge is 2.43. The SMILES string of the molecule is C1=CC2C=CC3=CC=C(c4ccc(-c5ccc6ccc7cccnc7c6n5)c5ccccc45)C4C=CC(=C1)C2C34. The number of aromatic nitrogens is 2. The first-order chi connectivity index (χ1) is 19.8. The van der Waals surface area contributed by atoms with Crippen LogP contribution in [0.5, 0.6) is 0 Å². The first-order valence-corrected chi connectivity index (χ1v) is 14.2. The topological polar surface area (TPSA) is 25.8 Å². The van der Waals surface area contributed by atoms with Crippen molar-refractivity contribution < 1.29 is 0 Å². The van der Waals surface area contributed by atoms with Crippen LogP contribution < -0.4 is 0 Å². The van der Waals surface area contributed by atoms with E-state index in [0.29, 0.717) is 23.7 Å². The molecule has 4 atom stereocenters. The Hall–Kier alpha value is -4.82. The molecule has 0 saturated carbocycles. The van der Waals surface area contributed by atoms with Gasteiger partial charge in [-0.05, 0) is 45.2 Å². The smallest absolute Gasteiger partial charge is 0.0972 e. The minimum atomic E-state index is 0.367. The van der Waals surface area contributed by atoms with E-state index in [1.165, 1.54) is 33.1 Å². The number of allylic oxidation sites excluding steroid dienone is 12. The van der Waals surface area contributed by atoms with Crippen molar-refractivity contribution in [1.29, 1.82) is 0 Å². The first-order valence-electron chi connectivity index (χ1n) is 14.2. The highest BCUT2D eigenvalue weighted by Crippen LogP contribution is 2.54. The van der Waals surface area contributed by atoms with E-state index >= 15 is 0 Å². The zero-order chi connectivity index (χ0) is 26.2. The van der Waals surface area contributed by atoms with E-state index in [2.05, 4.69) is 126 Å².